The summed E-state index contributed by atoms with van der Waals surface area (Å²) in [5.74, 6) is -2.59. The van der Waals surface area contributed by atoms with Crippen LogP contribution in [0.4, 0.5) is 19.3 Å². The number of carbonyl (C=O) groups excluding carboxylic acids is 2. The number of aromatic nitrogens is 2. The number of benzene rings is 2. The van der Waals surface area contributed by atoms with Crippen molar-refractivity contribution >= 4 is 34.5 Å². The molecule has 0 saturated heterocycles. The number of anilines is 1. The van der Waals surface area contributed by atoms with Gasteiger partial charge in [-0.1, -0.05) is 13.0 Å². The van der Waals surface area contributed by atoms with Crippen molar-refractivity contribution in [3.63, 3.8) is 0 Å². The van der Waals surface area contributed by atoms with Crippen LogP contribution in [0.2, 0.25) is 0 Å². The maximum atomic E-state index is 15.0. The molecule has 4 aromatic rings. The van der Waals surface area contributed by atoms with E-state index >= 15 is 0 Å². The van der Waals surface area contributed by atoms with Gasteiger partial charge in [-0.15, -0.1) is 0 Å². The molecular weight excluding hydrogens is 532 g/mol. The summed E-state index contributed by atoms with van der Waals surface area (Å²) in [5.41, 5.74) is 6.75. The molecule has 5 rings (SSSR count). The molecule has 2 heterocycles. The summed E-state index contributed by atoms with van der Waals surface area (Å²) in [6.45, 7) is 2.06. The lowest BCUT2D eigenvalue weighted by Gasteiger charge is -2.34. The number of nitrogens with zero attached hydrogens (tertiary/aromatic N) is 2. The molecule has 0 radical (unpaired) electrons. The molecule has 0 unspecified atom stereocenters. The SMILES string of the molecule is C[C@@H]1C[C@H](NC(=O)O)C[C@H](c2ccncc2NC(=O)c2ccc(F)c3cc(-c4c(F)cccc4C(N)=O)cnc23)C1. The van der Waals surface area contributed by atoms with E-state index in [0.29, 0.717) is 12.1 Å². The van der Waals surface area contributed by atoms with E-state index in [4.69, 9.17) is 5.73 Å². The van der Waals surface area contributed by atoms with Crippen LogP contribution in [-0.2, 0) is 0 Å². The Kier molecular flexibility index (Phi) is 7.60. The Bertz CT molecular complexity index is 1680. The number of hydrogen-bond acceptors (Lipinski definition) is 5. The van der Waals surface area contributed by atoms with Crippen molar-refractivity contribution in [1.29, 1.82) is 0 Å². The summed E-state index contributed by atoms with van der Waals surface area (Å²) in [6.07, 6.45) is 5.41. The predicted octanol–water partition coefficient (Wildman–Crippen LogP) is 5.47. The second kappa shape index (κ2) is 11.3. The van der Waals surface area contributed by atoms with Crippen LogP contribution >= 0.6 is 0 Å². The van der Waals surface area contributed by atoms with E-state index in [9.17, 15) is 28.3 Å². The quantitative estimate of drug-likeness (QED) is 0.246. The molecule has 0 bridgehead atoms. The monoisotopic (exact) mass is 559 g/mol. The van der Waals surface area contributed by atoms with Gasteiger partial charge in [-0.05, 0) is 73.1 Å². The standard InChI is InChI=1S/C30H27F2N5O4/c1-15-9-16(11-18(10-15)36-30(40)41)19-7-8-34-14-25(19)37-29(39)21-5-6-23(31)22-12-17(13-35-27(21)22)26-20(28(33)38)3-2-4-24(26)32/h2-8,12-16,18,36H,9-11H2,1H3,(H2,33,38)(H,37,39)(H,40,41)/t15-,16+,18-/m0/s1. The Labute approximate surface area is 233 Å². The minimum atomic E-state index is -1.08. The molecule has 2 aromatic carbocycles. The van der Waals surface area contributed by atoms with Crippen LogP contribution in [0, 0.1) is 17.6 Å². The van der Waals surface area contributed by atoms with Gasteiger partial charge in [-0.2, -0.15) is 0 Å². The van der Waals surface area contributed by atoms with Gasteiger partial charge in [0.1, 0.15) is 11.6 Å². The molecule has 5 N–H and O–H groups in total. The van der Waals surface area contributed by atoms with Crippen molar-refractivity contribution < 1.29 is 28.3 Å². The van der Waals surface area contributed by atoms with Crippen LogP contribution in [0.15, 0.2) is 61.1 Å². The Hall–Kier alpha value is -4.93. The predicted molar refractivity (Wildman–Crippen MR) is 149 cm³/mol. The van der Waals surface area contributed by atoms with E-state index in [1.165, 1.54) is 36.7 Å². The van der Waals surface area contributed by atoms with E-state index in [-0.39, 0.29) is 51.0 Å². The van der Waals surface area contributed by atoms with Crippen molar-refractivity contribution in [1.82, 2.24) is 15.3 Å². The number of pyridine rings is 2. The van der Waals surface area contributed by atoms with Crippen molar-refractivity contribution in [3.05, 3.63) is 89.4 Å². The molecule has 3 amide bonds. The third-order valence-electron chi connectivity index (χ3n) is 7.42. The lowest BCUT2D eigenvalue weighted by atomic mass is 9.76. The number of carbonyl (C=O) groups is 3. The molecule has 1 aliphatic rings. The molecule has 210 valence electrons. The largest absolute Gasteiger partial charge is 0.465 e. The summed E-state index contributed by atoms with van der Waals surface area (Å²) in [5, 5.41) is 14.6. The first-order valence-corrected chi connectivity index (χ1v) is 13.0. The average molecular weight is 560 g/mol. The topological polar surface area (TPSA) is 147 Å². The molecule has 11 heteroatoms. The number of hydrogen-bond donors (Lipinski definition) is 4. The van der Waals surface area contributed by atoms with Crippen LogP contribution in [0.1, 0.15) is 58.4 Å². The molecule has 1 fully saturated rings. The van der Waals surface area contributed by atoms with Gasteiger partial charge in [-0.25, -0.2) is 13.6 Å². The number of primary amides is 1. The first kappa shape index (κ1) is 27.6. The van der Waals surface area contributed by atoms with E-state index in [0.717, 1.165) is 30.5 Å². The summed E-state index contributed by atoms with van der Waals surface area (Å²) in [4.78, 5) is 45.0. The first-order valence-electron chi connectivity index (χ1n) is 13.0. The molecule has 0 spiro atoms. The molecule has 0 aliphatic heterocycles. The fraction of sp³-hybridized carbons (Fsp3) is 0.233. The second-order valence-corrected chi connectivity index (χ2v) is 10.3. The fourth-order valence-corrected chi connectivity index (χ4v) is 5.73. The molecule has 41 heavy (non-hydrogen) atoms. The normalized spacial score (nSPS) is 18.6. The number of rotatable bonds is 6. The first-order chi connectivity index (χ1) is 19.6. The number of halogens is 2. The zero-order valence-corrected chi connectivity index (χ0v) is 22.0. The maximum Gasteiger partial charge on any atom is 0.404 e. The highest BCUT2D eigenvalue weighted by Crippen LogP contribution is 2.39. The number of nitrogens with two attached hydrogens (primary N) is 1. The van der Waals surface area contributed by atoms with Gasteiger partial charge >= 0.3 is 6.09 Å². The van der Waals surface area contributed by atoms with E-state index in [1.807, 2.05) is 0 Å². The molecule has 1 saturated carbocycles. The van der Waals surface area contributed by atoms with Gasteiger partial charge < -0.3 is 21.5 Å². The minimum absolute atomic E-state index is 0.0280. The third-order valence-corrected chi connectivity index (χ3v) is 7.42. The maximum absolute atomic E-state index is 15.0. The Morgan fingerprint density at radius 3 is 2.56 bits per heavy atom. The summed E-state index contributed by atoms with van der Waals surface area (Å²) in [6, 6.07) is 9.20. The van der Waals surface area contributed by atoms with E-state index < -0.39 is 29.5 Å². The summed E-state index contributed by atoms with van der Waals surface area (Å²) in [7, 11) is 0. The van der Waals surface area contributed by atoms with Crippen LogP contribution in [0.3, 0.4) is 0 Å². The number of nitrogens with one attached hydrogen (secondary N) is 2. The second-order valence-electron chi connectivity index (χ2n) is 10.3. The van der Waals surface area contributed by atoms with Crippen LogP contribution in [0.25, 0.3) is 22.0 Å². The molecule has 3 atom stereocenters. The third kappa shape index (κ3) is 5.69. The lowest BCUT2D eigenvalue weighted by Crippen LogP contribution is -2.39. The minimum Gasteiger partial charge on any atom is -0.465 e. The van der Waals surface area contributed by atoms with E-state index in [2.05, 4.69) is 27.5 Å². The van der Waals surface area contributed by atoms with Gasteiger partial charge in [-0.3, -0.25) is 19.6 Å². The van der Waals surface area contributed by atoms with E-state index in [1.54, 1.807) is 12.3 Å². The van der Waals surface area contributed by atoms with Crippen LogP contribution in [0.5, 0.6) is 0 Å². The molecule has 1 aliphatic carbocycles. The lowest BCUT2D eigenvalue weighted by molar-refractivity contribution is 0.0998. The van der Waals surface area contributed by atoms with Gasteiger partial charge in [0.15, 0.2) is 0 Å². The van der Waals surface area contributed by atoms with Gasteiger partial charge in [0.25, 0.3) is 5.91 Å². The zero-order chi connectivity index (χ0) is 29.3. The smallest absolute Gasteiger partial charge is 0.404 e. The Morgan fingerprint density at radius 1 is 1.00 bits per heavy atom. The Balaban J connectivity index is 1.48. The summed E-state index contributed by atoms with van der Waals surface area (Å²) >= 11 is 0. The van der Waals surface area contributed by atoms with Gasteiger partial charge in [0.05, 0.1) is 23.0 Å². The van der Waals surface area contributed by atoms with Gasteiger partial charge in [0, 0.05) is 40.5 Å². The number of carboxylic acid groups (broad SMARTS) is 1. The van der Waals surface area contributed by atoms with Crippen molar-refractivity contribution in [2.45, 2.75) is 38.1 Å². The van der Waals surface area contributed by atoms with Gasteiger partial charge in [0.2, 0.25) is 5.91 Å². The molecule has 9 nitrogen and oxygen atoms in total. The highest BCUT2D eigenvalue weighted by atomic mass is 19.1. The number of fused-ring (bicyclic) bond motifs is 1. The van der Waals surface area contributed by atoms with Crippen molar-refractivity contribution in [3.8, 4) is 11.1 Å². The van der Waals surface area contributed by atoms with Crippen molar-refractivity contribution in [2.24, 2.45) is 11.7 Å². The summed E-state index contributed by atoms with van der Waals surface area (Å²) < 4.78 is 29.7. The number of amides is 3. The average Bonchev–Trinajstić information content (AvgIpc) is 2.92. The molecular formula is C30H27F2N5O4. The van der Waals surface area contributed by atoms with Crippen LogP contribution < -0.4 is 16.4 Å². The molecule has 2 aromatic heterocycles. The highest BCUT2D eigenvalue weighted by Gasteiger charge is 2.30. The fourth-order valence-electron chi connectivity index (χ4n) is 5.73. The Morgan fingerprint density at radius 2 is 1.80 bits per heavy atom. The van der Waals surface area contributed by atoms with Crippen LogP contribution in [-0.4, -0.2) is 39.0 Å². The highest BCUT2D eigenvalue weighted by molar-refractivity contribution is 6.12. The van der Waals surface area contributed by atoms with Crippen molar-refractivity contribution in [2.75, 3.05) is 5.32 Å². The zero-order valence-electron chi connectivity index (χ0n) is 22.0.